The summed E-state index contributed by atoms with van der Waals surface area (Å²) in [5, 5.41) is 20.9. The van der Waals surface area contributed by atoms with Crippen molar-refractivity contribution in [1.29, 1.82) is 0 Å². The average molecular weight is 216 g/mol. The number of carboxylic acid groups (broad SMARTS) is 1. The number of oxime groups is 1. The van der Waals surface area contributed by atoms with Crippen molar-refractivity contribution in [1.82, 2.24) is 4.98 Å². The summed E-state index contributed by atoms with van der Waals surface area (Å²) in [5.41, 5.74) is 0.918. The minimum absolute atomic E-state index is 0.130. The Morgan fingerprint density at radius 2 is 2.12 bits per heavy atom. The first-order valence-electron chi connectivity index (χ1n) is 4.53. The van der Waals surface area contributed by atoms with Crippen LogP contribution in [0.3, 0.4) is 0 Å². The van der Waals surface area contributed by atoms with Crippen molar-refractivity contribution >= 4 is 23.1 Å². The number of nitrogens with zero attached hydrogens (tertiary/aromatic N) is 2. The number of fused-ring (bicyclic) bond motifs is 1. The zero-order valence-corrected chi connectivity index (χ0v) is 8.16. The van der Waals surface area contributed by atoms with Crippen molar-refractivity contribution in [3.8, 4) is 0 Å². The van der Waals surface area contributed by atoms with Crippen LogP contribution in [0.25, 0.3) is 10.9 Å². The smallest absolute Gasteiger partial charge is 0.337 e. The molecule has 5 heteroatoms. The van der Waals surface area contributed by atoms with Gasteiger partial charge in [0, 0.05) is 5.39 Å². The minimum Gasteiger partial charge on any atom is -0.478 e. The van der Waals surface area contributed by atoms with E-state index in [-0.39, 0.29) is 5.56 Å². The summed E-state index contributed by atoms with van der Waals surface area (Å²) < 4.78 is 0. The van der Waals surface area contributed by atoms with Crippen LogP contribution in [0.1, 0.15) is 16.1 Å². The number of aromatic nitrogens is 1. The Hall–Kier alpha value is -2.43. The highest BCUT2D eigenvalue weighted by Crippen LogP contribution is 2.16. The Balaban J connectivity index is 2.73. The van der Waals surface area contributed by atoms with Crippen LogP contribution in [0.4, 0.5) is 0 Å². The highest BCUT2D eigenvalue weighted by atomic mass is 16.4. The summed E-state index contributed by atoms with van der Waals surface area (Å²) in [6.45, 7) is 0. The van der Waals surface area contributed by atoms with Crippen molar-refractivity contribution in [2.75, 3.05) is 0 Å². The zero-order valence-electron chi connectivity index (χ0n) is 8.16. The third kappa shape index (κ3) is 1.70. The van der Waals surface area contributed by atoms with Crippen LogP contribution in [0.15, 0.2) is 35.5 Å². The SMILES string of the molecule is O=C(O)c1cccc2ccc(C=NO)nc12. The second kappa shape index (κ2) is 3.98. The van der Waals surface area contributed by atoms with Gasteiger partial charge in [-0.1, -0.05) is 23.4 Å². The third-order valence-corrected chi connectivity index (χ3v) is 2.16. The van der Waals surface area contributed by atoms with Crippen molar-refractivity contribution in [2.24, 2.45) is 5.16 Å². The van der Waals surface area contributed by atoms with Crippen LogP contribution in [0.5, 0.6) is 0 Å². The summed E-state index contributed by atoms with van der Waals surface area (Å²) in [4.78, 5) is 15.1. The van der Waals surface area contributed by atoms with Crippen molar-refractivity contribution in [3.63, 3.8) is 0 Å². The summed E-state index contributed by atoms with van der Waals surface area (Å²) in [5.74, 6) is -1.03. The third-order valence-electron chi connectivity index (χ3n) is 2.16. The Labute approximate surface area is 90.7 Å². The van der Waals surface area contributed by atoms with Gasteiger partial charge in [-0.25, -0.2) is 9.78 Å². The highest BCUT2D eigenvalue weighted by molar-refractivity contribution is 6.02. The van der Waals surface area contributed by atoms with Crippen LogP contribution in [-0.4, -0.2) is 27.5 Å². The van der Waals surface area contributed by atoms with Crippen LogP contribution >= 0.6 is 0 Å². The van der Waals surface area contributed by atoms with E-state index in [0.29, 0.717) is 11.2 Å². The lowest BCUT2D eigenvalue weighted by Crippen LogP contribution is -2.00. The Bertz CT molecular complexity index is 578. The first kappa shape index (κ1) is 10.1. The molecule has 0 aliphatic rings. The van der Waals surface area contributed by atoms with Gasteiger partial charge in [0.05, 0.1) is 23.0 Å². The van der Waals surface area contributed by atoms with E-state index in [4.69, 9.17) is 10.3 Å². The number of rotatable bonds is 2. The summed E-state index contributed by atoms with van der Waals surface area (Å²) in [7, 11) is 0. The van der Waals surface area contributed by atoms with Gasteiger partial charge in [0.1, 0.15) is 0 Å². The lowest BCUT2D eigenvalue weighted by Gasteiger charge is -2.01. The second-order valence-corrected chi connectivity index (χ2v) is 3.16. The molecule has 0 spiro atoms. The molecule has 16 heavy (non-hydrogen) atoms. The van der Waals surface area contributed by atoms with Gasteiger partial charge in [-0.3, -0.25) is 0 Å². The van der Waals surface area contributed by atoms with E-state index < -0.39 is 5.97 Å². The molecule has 0 atom stereocenters. The summed E-state index contributed by atoms with van der Waals surface area (Å²) in [6, 6.07) is 8.29. The van der Waals surface area contributed by atoms with E-state index in [2.05, 4.69) is 10.1 Å². The predicted octanol–water partition coefficient (Wildman–Crippen LogP) is 1.74. The van der Waals surface area contributed by atoms with E-state index >= 15 is 0 Å². The van der Waals surface area contributed by atoms with Crippen LogP contribution in [0, 0.1) is 0 Å². The quantitative estimate of drug-likeness (QED) is 0.455. The number of hydrogen-bond acceptors (Lipinski definition) is 4. The number of pyridine rings is 1. The molecule has 1 aromatic carbocycles. The molecule has 5 nitrogen and oxygen atoms in total. The summed E-state index contributed by atoms with van der Waals surface area (Å²) >= 11 is 0. The number of aromatic carboxylic acids is 1. The fourth-order valence-electron chi connectivity index (χ4n) is 1.47. The van der Waals surface area contributed by atoms with E-state index in [1.807, 2.05) is 0 Å². The van der Waals surface area contributed by atoms with Crippen LogP contribution < -0.4 is 0 Å². The molecular weight excluding hydrogens is 208 g/mol. The van der Waals surface area contributed by atoms with Gasteiger partial charge >= 0.3 is 5.97 Å². The maximum atomic E-state index is 11.0. The highest BCUT2D eigenvalue weighted by Gasteiger charge is 2.09. The molecule has 0 unspecified atom stereocenters. The monoisotopic (exact) mass is 216 g/mol. The van der Waals surface area contributed by atoms with Gasteiger partial charge in [0.2, 0.25) is 0 Å². The molecule has 0 saturated heterocycles. The molecule has 0 aliphatic carbocycles. The number of carboxylic acids is 1. The fourth-order valence-corrected chi connectivity index (χ4v) is 1.47. The molecule has 0 aliphatic heterocycles. The normalized spacial score (nSPS) is 11.0. The lowest BCUT2D eigenvalue weighted by molar-refractivity contribution is 0.0699. The van der Waals surface area contributed by atoms with Gasteiger partial charge in [-0.05, 0) is 12.1 Å². The topological polar surface area (TPSA) is 82.8 Å². The number of para-hydroxylation sites is 1. The van der Waals surface area contributed by atoms with Crippen LogP contribution in [0.2, 0.25) is 0 Å². The summed E-state index contributed by atoms with van der Waals surface area (Å²) in [6.07, 6.45) is 1.15. The Morgan fingerprint density at radius 3 is 2.81 bits per heavy atom. The first-order chi connectivity index (χ1) is 7.72. The zero-order chi connectivity index (χ0) is 11.5. The van der Waals surface area contributed by atoms with Gasteiger partial charge < -0.3 is 10.3 Å². The molecule has 2 aromatic rings. The van der Waals surface area contributed by atoms with Gasteiger partial charge in [0.15, 0.2) is 0 Å². The Morgan fingerprint density at radius 1 is 1.31 bits per heavy atom. The molecule has 2 N–H and O–H groups in total. The molecule has 0 bridgehead atoms. The van der Waals surface area contributed by atoms with Crippen molar-refractivity contribution in [2.45, 2.75) is 0 Å². The molecule has 80 valence electrons. The van der Waals surface area contributed by atoms with E-state index in [1.54, 1.807) is 24.3 Å². The standard InChI is InChI=1S/C11H8N2O3/c14-11(15)9-3-1-2-7-4-5-8(6-12-16)13-10(7)9/h1-6,16H,(H,14,15). The molecular formula is C11H8N2O3. The van der Waals surface area contributed by atoms with Gasteiger partial charge in [-0.2, -0.15) is 0 Å². The lowest BCUT2D eigenvalue weighted by atomic mass is 10.1. The van der Waals surface area contributed by atoms with Gasteiger partial charge in [-0.15, -0.1) is 0 Å². The van der Waals surface area contributed by atoms with E-state index in [1.165, 1.54) is 6.07 Å². The first-order valence-corrected chi connectivity index (χ1v) is 4.53. The fraction of sp³-hybridized carbons (Fsp3) is 0. The van der Waals surface area contributed by atoms with E-state index in [9.17, 15) is 4.79 Å². The number of benzene rings is 1. The minimum atomic E-state index is -1.03. The molecule has 1 heterocycles. The second-order valence-electron chi connectivity index (χ2n) is 3.16. The molecule has 1 aromatic heterocycles. The van der Waals surface area contributed by atoms with Gasteiger partial charge in [0.25, 0.3) is 0 Å². The number of hydrogen-bond donors (Lipinski definition) is 2. The molecule has 2 rings (SSSR count). The molecule has 0 fully saturated rings. The maximum absolute atomic E-state index is 11.0. The predicted molar refractivity (Wildman–Crippen MR) is 58.1 cm³/mol. The number of carbonyl (C=O) groups is 1. The van der Waals surface area contributed by atoms with Crippen molar-refractivity contribution < 1.29 is 15.1 Å². The average Bonchev–Trinajstić information content (AvgIpc) is 2.28. The molecule has 0 radical (unpaired) electrons. The van der Waals surface area contributed by atoms with E-state index in [0.717, 1.165) is 11.6 Å². The largest absolute Gasteiger partial charge is 0.478 e. The van der Waals surface area contributed by atoms with Crippen LogP contribution in [-0.2, 0) is 0 Å². The van der Waals surface area contributed by atoms with Crippen molar-refractivity contribution in [3.05, 3.63) is 41.6 Å². The molecule has 0 saturated carbocycles. The molecule has 0 amide bonds. The maximum Gasteiger partial charge on any atom is 0.337 e. The Kier molecular flexibility index (Phi) is 2.51.